The van der Waals surface area contributed by atoms with Gasteiger partial charge in [0, 0.05) is 23.1 Å². The second-order valence-electron chi connectivity index (χ2n) is 6.68. The third-order valence-electron chi connectivity index (χ3n) is 5.15. The molecule has 0 N–H and O–H groups in total. The van der Waals surface area contributed by atoms with E-state index in [9.17, 15) is 14.0 Å². The van der Waals surface area contributed by atoms with Gasteiger partial charge in [0.1, 0.15) is 12.4 Å². The van der Waals surface area contributed by atoms with Gasteiger partial charge in [-0.3, -0.25) is 9.59 Å². The Kier molecular flexibility index (Phi) is 4.81. The van der Waals surface area contributed by atoms with Crippen LogP contribution in [0, 0.1) is 5.82 Å². The molecule has 7 heteroatoms. The summed E-state index contributed by atoms with van der Waals surface area (Å²) in [6, 6.07) is 12.0. The molecule has 4 rings (SSSR count). The van der Waals surface area contributed by atoms with E-state index in [1.54, 1.807) is 4.90 Å². The van der Waals surface area contributed by atoms with Gasteiger partial charge in [-0.15, -0.1) is 0 Å². The van der Waals surface area contributed by atoms with Gasteiger partial charge in [-0.05, 0) is 30.2 Å². The number of aromatic nitrogens is 1. The number of carbonyl (C=O) groups is 2. The first kappa shape index (κ1) is 18.5. The summed E-state index contributed by atoms with van der Waals surface area (Å²) in [7, 11) is 1.34. The number of benzene rings is 2. The van der Waals surface area contributed by atoms with E-state index < -0.39 is 11.7 Å². The molecule has 0 saturated heterocycles. The highest BCUT2D eigenvalue weighted by atomic mass is 35.5. The molecular formula is C21H18ClFN2O3. The van der Waals surface area contributed by atoms with Crippen LogP contribution in [0.1, 0.15) is 21.6 Å². The predicted octanol–water partition coefficient (Wildman–Crippen LogP) is 3.81. The lowest BCUT2D eigenvalue weighted by Crippen LogP contribution is -2.37. The Bertz CT molecular complexity index is 1070. The summed E-state index contributed by atoms with van der Waals surface area (Å²) in [4.78, 5) is 26.5. The number of rotatable bonds is 3. The fourth-order valence-corrected chi connectivity index (χ4v) is 4.05. The smallest absolute Gasteiger partial charge is 0.325 e. The standard InChI is InChI=1S/C21H18ClFN2O3/c1-28-19(26)12-25-17-8-3-2-5-13(17)14-9-10-24(11-18(14)25)21(27)20-15(22)6-4-7-16(20)23/h2-8H,9-12H2,1H3. The van der Waals surface area contributed by atoms with Crippen molar-refractivity contribution in [2.45, 2.75) is 19.5 Å². The SMILES string of the molecule is COC(=O)Cn1c2c(c3ccccc31)CCN(C(=O)c1c(F)cccc1Cl)C2. The minimum atomic E-state index is -0.640. The van der Waals surface area contributed by atoms with Gasteiger partial charge >= 0.3 is 5.97 Å². The van der Waals surface area contributed by atoms with Gasteiger partial charge in [0.15, 0.2) is 0 Å². The van der Waals surface area contributed by atoms with E-state index in [1.807, 2.05) is 28.8 Å². The zero-order chi connectivity index (χ0) is 19.8. The number of methoxy groups -OCH3 is 1. The van der Waals surface area contributed by atoms with E-state index in [-0.39, 0.29) is 29.6 Å². The molecule has 2 heterocycles. The molecule has 2 aromatic carbocycles. The van der Waals surface area contributed by atoms with Crippen LogP contribution >= 0.6 is 11.6 Å². The number of para-hydroxylation sites is 1. The predicted molar refractivity (Wildman–Crippen MR) is 104 cm³/mol. The average molecular weight is 401 g/mol. The lowest BCUT2D eigenvalue weighted by molar-refractivity contribution is -0.141. The van der Waals surface area contributed by atoms with Gasteiger partial charge in [0.25, 0.3) is 5.91 Å². The van der Waals surface area contributed by atoms with Crippen LogP contribution in [-0.4, -0.2) is 35.0 Å². The molecule has 1 aliphatic rings. The zero-order valence-corrected chi connectivity index (χ0v) is 16.0. The maximum Gasteiger partial charge on any atom is 0.325 e. The van der Waals surface area contributed by atoms with Crippen molar-refractivity contribution in [2.24, 2.45) is 0 Å². The summed E-state index contributed by atoms with van der Waals surface area (Å²) in [5.74, 6) is -1.47. The Morgan fingerprint density at radius 3 is 2.71 bits per heavy atom. The summed E-state index contributed by atoms with van der Waals surface area (Å²) >= 11 is 6.07. The minimum Gasteiger partial charge on any atom is -0.468 e. The molecule has 0 fully saturated rings. The lowest BCUT2D eigenvalue weighted by atomic mass is 10.0. The molecule has 0 bridgehead atoms. The van der Waals surface area contributed by atoms with Crippen LogP contribution in [0.4, 0.5) is 4.39 Å². The molecule has 144 valence electrons. The molecule has 0 saturated carbocycles. The number of fused-ring (bicyclic) bond motifs is 3. The molecule has 0 radical (unpaired) electrons. The van der Waals surface area contributed by atoms with Crippen molar-refractivity contribution in [2.75, 3.05) is 13.7 Å². The van der Waals surface area contributed by atoms with Gasteiger partial charge in [0.2, 0.25) is 0 Å². The number of carbonyl (C=O) groups excluding carboxylic acids is 2. The van der Waals surface area contributed by atoms with Crippen molar-refractivity contribution in [3.05, 3.63) is 70.1 Å². The molecule has 0 aliphatic carbocycles. The lowest BCUT2D eigenvalue weighted by Gasteiger charge is -2.29. The largest absolute Gasteiger partial charge is 0.468 e. The summed E-state index contributed by atoms with van der Waals surface area (Å²) in [6.07, 6.45) is 0.613. The molecular weight excluding hydrogens is 383 g/mol. The summed E-state index contributed by atoms with van der Waals surface area (Å²) in [5.41, 5.74) is 2.75. The molecule has 1 aromatic heterocycles. The van der Waals surface area contributed by atoms with Crippen LogP contribution in [0.5, 0.6) is 0 Å². The average Bonchev–Trinajstić information content (AvgIpc) is 3.01. The molecule has 3 aromatic rings. The third kappa shape index (κ3) is 3.03. The van der Waals surface area contributed by atoms with Gasteiger partial charge in [-0.2, -0.15) is 0 Å². The fraction of sp³-hybridized carbons (Fsp3) is 0.238. The normalized spacial score (nSPS) is 13.5. The van der Waals surface area contributed by atoms with Crippen molar-refractivity contribution in [3.8, 4) is 0 Å². The quantitative estimate of drug-likeness (QED) is 0.628. The van der Waals surface area contributed by atoms with Gasteiger partial charge < -0.3 is 14.2 Å². The Labute approximate surface area is 166 Å². The number of nitrogens with zero attached hydrogens (tertiary/aromatic N) is 2. The number of halogens is 2. The maximum atomic E-state index is 14.2. The number of hydrogen-bond donors (Lipinski definition) is 0. The van der Waals surface area contributed by atoms with Crippen molar-refractivity contribution in [1.29, 1.82) is 0 Å². The Balaban J connectivity index is 1.75. The molecule has 1 amide bonds. The Hall–Kier alpha value is -2.86. The number of ether oxygens (including phenoxy) is 1. The van der Waals surface area contributed by atoms with Crippen LogP contribution < -0.4 is 0 Å². The number of hydrogen-bond acceptors (Lipinski definition) is 3. The second-order valence-corrected chi connectivity index (χ2v) is 7.09. The molecule has 1 aliphatic heterocycles. The van der Waals surface area contributed by atoms with E-state index in [0.29, 0.717) is 13.0 Å². The van der Waals surface area contributed by atoms with E-state index in [2.05, 4.69) is 0 Å². The number of esters is 1. The molecule has 0 unspecified atom stereocenters. The summed E-state index contributed by atoms with van der Waals surface area (Å²) in [6.45, 7) is 0.766. The first-order valence-corrected chi connectivity index (χ1v) is 9.28. The van der Waals surface area contributed by atoms with E-state index in [0.717, 1.165) is 22.2 Å². The van der Waals surface area contributed by atoms with Gasteiger partial charge in [-0.1, -0.05) is 35.9 Å². The van der Waals surface area contributed by atoms with Crippen LogP contribution in [0.2, 0.25) is 5.02 Å². The van der Waals surface area contributed by atoms with Crippen LogP contribution in [0.15, 0.2) is 42.5 Å². The van der Waals surface area contributed by atoms with E-state index in [1.165, 1.54) is 25.3 Å². The first-order chi connectivity index (χ1) is 13.5. The van der Waals surface area contributed by atoms with E-state index >= 15 is 0 Å². The Morgan fingerprint density at radius 1 is 1.18 bits per heavy atom. The van der Waals surface area contributed by atoms with Gasteiger partial charge in [0.05, 0.1) is 24.2 Å². The summed E-state index contributed by atoms with van der Waals surface area (Å²) < 4.78 is 20.9. The number of amides is 1. The molecule has 28 heavy (non-hydrogen) atoms. The minimum absolute atomic E-state index is 0.0504. The molecule has 0 atom stereocenters. The van der Waals surface area contributed by atoms with Gasteiger partial charge in [-0.25, -0.2) is 4.39 Å². The van der Waals surface area contributed by atoms with Crippen LogP contribution in [0.3, 0.4) is 0 Å². The van der Waals surface area contributed by atoms with Crippen molar-refractivity contribution in [3.63, 3.8) is 0 Å². The Morgan fingerprint density at radius 2 is 1.96 bits per heavy atom. The topological polar surface area (TPSA) is 51.5 Å². The van der Waals surface area contributed by atoms with Crippen LogP contribution in [-0.2, 0) is 29.0 Å². The van der Waals surface area contributed by atoms with E-state index in [4.69, 9.17) is 16.3 Å². The fourth-order valence-electron chi connectivity index (χ4n) is 3.80. The van der Waals surface area contributed by atoms with Crippen molar-refractivity contribution < 1.29 is 18.7 Å². The third-order valence-corrected chi connectivity index (χ3v) is 5.46. The highest BCUT2D eigenvalue weighted by molar-refractivity contribution is 6.33. The maximum absolute atomic E-state index is 14.2. The highest BCUT2D eigenvalue weighted by Gasteiger charge is 2.29. The molecule has 0 spiro atoms. The van der Waals surface area contributed by atoms with Crippen molar-refractivity contribution >= 4 is 34.4 Å². The highest BCUT2D eigenvalue weighted by Crippen LogP contribution is 2.32. The monoisotopic (exact) mass is 400 g/mol. The summed E-state index contributed by atoms with van der Waals surface area (Å²) in [5, 5.41) is 1.14. The first-order valence-electron chi connectivity index (χ1n) is 8.90. The zero-order valence-electron chi connectivity index (χ0n) is 15.2. The molecule has 5 nitrogen and oxygen atoms in total. The van der Waals surface area contributed by atoms with Crippen molar-refractivity contribution in [1.82, 2.24) is 9.47 Å². The second kappa shape index (κ2) is 7.28. The van der Waals surface area contributed by atoms with Crippen LogP contribution in [0.25, 0.3) is 10.9 Å².